The highest BCUT2D eigenvalue weighted by Gasteiger charge is 2.28. The predicted molar refractivity (Wildman–Crippen MR) is 49.1 cm³/mol. The van der Waals surface area contributed by atoms with E-state index in [4.69, 9.17) is 0 Å². The van der Waals surface area contributed by atoms with Gasteiger partial charge in [-0.1, -0.05) is 0 Å². The van der Waals surface area contributed by atoms with Crippen LogP contribution < -0.4 is 10.6 Å². The minimum absolute atomic E-state index is 0.0333. The summed E-state index contributed by atoms with van der Waals surface area (Å²) in [5.74, 6) is -0.118. The van der Waals surface area contributed by atoms with Crippen LogP contribution in [0.3, 0.4) is 0 Å². The predicted octanol–water partition coefficient (Wildman–Crippen LogP) is 0.180. The lowest BCUT2D eigenvalue weighted by molar-refractivity contribution is -0.126. The summed E-state index contributed by atoms with van der Waals surface area (Å²) >= 11 is 0. The van der Waals surface area contributed by atoms with Crippen LogP contribution in [0.2, 0.25) is 0 Å². The van der Waals surface area contributed by atoms with Crippen LogP contribution in [-0.4, -0.2) is 23.4 Å². The Morgan fingerprint density at radius 1 is 1.54 bits per heavy atom. The largest absolute Gasteiger partial charge is 0.350 e. The van der Waals surface area contributed by atoms with E-state index in [1.807, 2.05) is 20.8 Å². The minimum Gasteiger partial charge on any atom is -0.350 e. The second-order valence-corrected chi connectivity index (χ2v) is 4.40. The van der Waals surface area contributed by atoms with Gasteiger partial charge in [-0.15, -0.1) is 0 Å². The SMILES string of the molecule is CC(C)(C)NC(=O)[C@H]1CCC(=O)N1. The Morgan fingerprint density at radius 2 is 2.15 bits per heavy atom. The zero-order valence-corrected chi connectivity index (χ0v) is 8.31. The fraction of sp³-hybridized carbons (Fsp3) is 0.778. The molecule has 0 radical (unpaired) electrons. The van der Waals surface area contributed by atoms with Gasteiger partial charge in [0.15, 0.2) is 0 Å². The molecule has 0 bridgehead atoms. The van der Waals surface area contributed by atoms with Crippen LogP contribution in [0.1, 0.15) is 33.6 Å². The number of nitrogens with one attached hydrogen (secondary N) is 2. The van der Waals surface area contributed by atoms with Gasteiger partial charge in [0.25, 0.3) is 0 Å². The molecule has 0 unspecified atom stereocenters. The summed E-state index contributed by atoms with van der Waals surface area (Å²) in [6, 6.07) is -0.327. The quantitative estimate of drug-likeness (QED) is 0.610. The summed E-state index contributed by atoms with van der Waals surface area (Å²) in [7, 11) is 0. The summed E-state index contributed by atoms with van der Waals surface area (Å²) in [6.45, 7) is 5.75. The van der Waals surface area contributed by atoms with E-state index in [9.17, 15) is 9.59 Å². The topological polar surface area (TPSA) is 58.2 Å². The maximum absolute atomic E-state index is 11.5. The van der Waals surface area contributed by atoms with Crippen LogP contribution in [0.25, 0.3) is 0 Å². The van der Waals surface area contributed by atoms with Gasteiger partial charge < -0.3 is 10.6 Å². The number of hydrogen-bond donors (Lipinski definition) is 2. The molecule has 1 saturated heterocycles. The maximum Gasteiger partial charge on any atom is 0.242 e. The highest BCUT2D eigenvalue weighted by atomic mass is 16.2. The summed E-state index contributed by atoms with van der Waals surface area (Å²) in [5, 5.41) is 5.45. The number of carbonyl (C=O) groups excluding carboxylic acids is 2. The molecule has 13 heavy (non-hydrogen) atoms. The van der Waals surface area contributed by atoms with Crippen molar-refractivity contribution in [2.45, 2.75) is 45.2 Å². The van der Waals surface area contributed by atoms with Gasteiger partial charge in [0, 0.05) is 12.0 Å². The van der Waals surface area contributed by atoms with Crippen molar-refractivity contribution in [3.05, 3.63) is 0 Å². The third-order valence-electron chi connectivity index (χ3n) is 1.81. The molecule has 0 aliphatic carbocycles. The van der Waals surface area contributed by atoms with Crippen molar-refractivity contribution in [2.24, 2.45) is 0 Å². The molecule has 0 aromatic heterocycles. The fourth-order valence-corrected chi connectivity index (χ4v) is 1.27. The number of hydrogen-bond acceptors (Lipinski definition) is 2. The minimum atomic E-state index is -0.327. The van der Waals surface area contributed by atoms with Crippen molar-refractivity contribution < 1.29 is 9.59 Å². The van der Waals surface area contributed by atoms with Crippen LogP contribution in [-0.2, 0) is 9.59 Å². The summed E-state index contributed by atoms with van der Waals surface area (Å²) in [6.07, 6.45) is 1.07. The summed E-state index contributed by atoms with van der Waals surface area (Å²) in [4.78, 5) is 22.3. The maximum atomic E-state index is 11.5. The van der Waals surface area contributed by atoms with E-state index >= 15 is 0 Å². The van der Waals surface area contributed by atoms with Crippen LogP contribution in [0.15, 0.2) is 0 Å². The number of rotatable bonds is 1. The van der Waals surface area contributed by atoms with Gasteiger partial charge in [-0.05, 0) is 27.2 Å². The molecule has 2 amide bonds. The Bertz CT molecular complexity index is 230. The first kappa shape index (κ1) is 10.0. The van der Waals surface area contributed by atoms with Gasteiger partial charge >= 0.3 is 0 Å². The summed E-state index contributed by atoms with van der Waals surface area (Å²) in [5.41, 5.74) is -0.232. The van der Waals surface area contributed by atoms with Gasteiger partial charge in [0.1, 0.15) is 6.04 Å². The first-order valence-corrected chi connectivity index (χ1v) is 4.50. The van der Waals surface area contributed by atoms with Gasteiger partial charge in [-0.25, -0.2) is 0 Å². The average molecular weight is 184 g/mol. The highest BCUT2D eigenvalue weighted by molar-refractivity contribution is 5.91. The molecule has 1 atom stereocenters. The van der Waals surface area contributed by atoms with E-state index in [2.05, 4.69) is 10.6 Å². The van der Waals surface area contributed by atoms with Crippen molar-refractivity contribution in [1.82, 2.24) is 10.6 Å². The van der Waals surface area contributed by atoms with E-state index in [-0.39, 0.29) is 23.4 Å². The lowest BCUT2D eigenvalue weighted by Gasteiger charge is -2.22. The molecule has 1 aliphatic heterocycles. The normalized spacial score (nSPS) is 22.7. The second-order valence-electron chi connectivity index (χ2n) is 4.40. The first-order chi connectivity index (χ1) is 5.88. The van der Waals surface area contributed by atoms with Crippen molar-refractivity contribution in [3.63, 3.8) is 0 Å². The number of carbonyl (C=O) groups is 2. The van der Waals surface area contributed by atoms with Gasteiger partial charge in [0.2, 0.25) is 11.8 Å². The Morgan fingerprint density at radius 3 is 2.54 bits per heavy atom. The smallest absolute Gasteiger partial charge is 0.242 e. The van der Waals surface area contributed by atoms with Crippen LogP contribution >= 0.6 is 0 Å². The van der Waals surface area contributed by atoms with E-state index in [0.717, 1.165) is 0 Å². The van der Waals surface area contributed by atoms with Crippen molar-refractivity contribution in [1.29, 1.82) is 0 Å². The van der Waals surface area contributed by atoms with Gasteiger partial charge in [-0.2, -0.15) is 0 Å². The lowest BCUT2D eigenvalue weighted by atomic mass is 10.1. The fourth-order valence-electron chi connectivity index (χ4n) is 1.27. The molecule has 0 saturated carbocycles. The molecule has 74 valence electrons. The Balaban J connectivity index is 2.45. The molecule has 0 spiro atoms. The van der Waals surface area contributed by atoms with Crippen molar-refractivity contribution in [3.8, 4) is 0 Å². The lowest BCUT2D eigenvalue weighted by Crippen LogP contribution is -2.49. The van der Waals surface area contributed by atoms with E-state index in [1.165, 1.54) is 0 Å². The molecular weight excluding hydrogens is 168 g/mol. The first-order valence-electron chi connectivity index (χ1n) is 4.50. The van der Waals surface area contributed by atoms with E-state index in [1.54, 1.807) is 0 Å². The van der Waals surface area contributed by atoms with Crippen molar-refractivity contribution in [2.75, 3.05) is 0 Å². The Labute approximate surface area is 78.1 Å². The number of amides is 2. The molecule has 0 aromatic carbocycles. The molecule has 1 rings (SSSR count). The average Bonchev–Trinajstić information content (AvgIpc) is 2.31. The van der Waals surface area contributed by atoms with Crippen LogP contribution in [0, 0.1) is 0 Å². The standard InChI is InChI=1S/C9H16N2O2/c1-9(2,3)11-8(13)6-4-5-7(12)10-6/h6H,4-5H2,1-3H3,(H,10,12)(H,11,13)/t6-/m1/s1. The Hall–Kier alpha value is -1.06. The second kappa shape index (κ2) is 3.36. The van der Waals surface area contributed by atoms with E-state index in [0.29, 0.717) is 12.8 Å². The van der Waals surface area contributed by atoms with E-state index < -0.39 is 0 Å². The Kier molecular flexibility index (Phi) is 2.59. The third kappa shape index (κ3) is 3.05. The molecular formula is C9H16N2O2. The molecule has 0 aromatic rings. The van der Waals surface area contributed by atoms with Crippen LogP contribution in [0.4, 0.5) is 0 Å². The van der Waals surface area contributed by atoms with Crippen molar-refractivity contribution >= 4 is 11.8 Å². The highest BCUT2D eigenvalue weighted by Crippen LogP contribution is 2.08. The summed E-state index contributed by atoms with van der Waals surface area (Å²) < 4.78 is 0. The molecule has 4 heteroatoms. The zero-order valence-electron chi connectivity index (χ0n) is 8.31. The monoisotopic (exact) mass is 184 g/mol. The molecule has 1 aliphatic rings. The van der Waals surface area contributed by atoms with Crippen LogP contribution in [0.5, 0.6) is 0 Å². The molecule has 1 heterocycles. The third-order valence-corrected chi connectivity index (χ3v) is 1.81. The van der Waals surface area contributed by atoms with Gasteiger partial charge in [-0.3, -0.25) is 9.59 Å². The molecule has 2 N–H and O–H groups in total. The van der Waals surface area contributed by atoms with Gasteiger partial charge in [0.05, 0.1) is 0 Å². The zero-order chi connectivity index (χ0) is 10.1. The molecule has 4 nitrogen and oxygen atoms in total. The molecule has 1 fully saturated rings.